The van der Waals surface area contributed by atoms with Crippen molar-refractivity contribution < 1.29 is 19.0 Å². The van der Waals surface area contributed by atoms with Gasteiger partial charge in [0, 0.05) is 16.6 Å². The molecule has 0 amide bonds. The van der Waals surface area contributed by atoms with E-state index in [1.54, 1.807) is 37.7 Å². The molecule has 0 unspecified atom stereocenters. The Labute approximate surface area is 174 Å². The number of fused-ring (bicyclic) bond motifs is 1. The van der Waals surface area contributed by atoms with Crippen molar-refractivity contribution in [2.75, 3.05) is 31.5 Å². The van der Waals surface area contributed by atoms with E-state index in [1.165, 1.54) is 4.88 Å². The Morgan fingerprint density at radius 1 is 1.14 bits per heavy atom. The van der Waals surface area contributed by atoms with Crippen molar-refractivity contribution >= 4 is 45.3 Å². The second-order valence-corrected chi connectivity index (χ2v) is 7.80. The summed E-state index contributed by atoms with van der Waals surface area (Å²) in [5.74, 6) is 0.954. The van der Waals surface area contributed by atoms with E-state index in [1.807, 2.05) is 13.0 Å². The van der Waals surface area contributed by atoms with Gasteiger partial charge in [0.2, 0.25) is 0 Å². The Balaban J connectivity index is 1.80. The Hall–Kier alpha value is -2.32. The number of carbonyl (C=O) groups is 1. The van der Waals surface area contributed by atoms with Gasteiger partial charge in [-0.1, -0.05) is 0 Å². The molecule has 2 N–H and O–H groups in total. The SMILES string of the molecule is CCOC(=O)c1c(NC(=S)Nc2ccc(OC)c(OC)c2)sc2c1CCCC2. The molecule has 0 saturated heterocycles. The van der Waals surface area contributed by atoms with Gasteiger partial charge in [-0.2, -0.15) is 0 Å². The van der Waals surface area contributed by atoms with Crippen LogP contribution in [0.3, 0.4) is 0 Å². The number of anilines is 2. The van der Waals surface area contributed by atoms with Crippen molar-refractivity contribution in [3.8, 4) is 11.5 Å². The number of benzene rings is 1. The van der Waals surface area contributed by atoms with Gasteiger partial charge in [-0.15, -0.1) is 11.3 Å². The van der Waals surface area contributed by atoms with Crippen LogP contribution in [0.5, 0.6) is 11.5 Å². The zero-order valence-corrected chi connectivity index (χ0v) is 17.9. The highest BCUT2D eigenvalue weighted by atomic mass is 32.1. The fourth-order valence-electron chi connectivity index (χ4n) is 3.25. The van der Waals surface area contributed by atoms with E-state index in [9.17, 15) is 4.79 Å². The van der Waals surface area contributed by atoms with Crippen molar-refractivity contribution in [1.82, 2.24) is 0 Å². The topological polar surface area (TPSA) is 68.8 Å². The molecule has 3 rings (SSSR count). The third-order valence-corrected chi connectivity index (χ3v) is 5.93. The van der Waals surface area contributed by atoms with Crippen molar-refractivity contribution in [2.45, 2.75) is 32.6 Å². The lowest BCUT2D eigenvalue weighted by molar-refractivity contribution is 0.0526. The van der Waals surface area contributed by atoms with E-state index >= 15 is 0 Å². The number of hydrogen-bond donors (Lipinski definition) is 2. The molecule has 1 heterocycles. The maximum Gasteiger partial charge on any atom is 0.341 e. The minimum atomic E-state index is -0.293. The van der Waals surface area contributed by atoms with Gasteiger partial charge in [-0.3, -0.25) is 0 Å². The Bertz CT molecular complexity index is 879. The van der Waals surface area contributed by atoms with Crippen molar-refractivity contribution in [3.05, 3.63) is 34.2 Å². The molecule has 8 heteroatoms. The minimum Gasteiger partial charge on any atom is -0.493 e. The molecule has 6 nitrogen and oxygen atoms in total. The molecule has 0 atom stereocenters. The first-order valence-corrected chi connectivity index (χ1v) is 10.4. The number of esters is 1. The lowest BCUT2D eigenvalue weighted by Gasteiger charge is -2.14. The van der Waals surface area contributed by atoms with Gasteiger partial charge in [0.05, 0.1) is 26.4 Å². The molecule has 0 aliphatic heterocycles. The summed E-state index contributed by atoms with van der Waals surface area (Å²) in [6, 6.07) is 5.46. The Morgan fingerprint density at radius 2 is 1.89 bits per heavy atom. The maximum atomic E-state index is 12.5. The highest BCUT2D eigenvalue weighted by Gasteiger charge is 2.26. The van der Waals surface area contributed by atoms with E-state index < -0.39 is 0 Å². The van der Waals surface area contributed by atoms with Crippen LogP contribution in [0.4, 0.5) is 10.7 Å². The first kappa shape index (κ1) is 20.4. The highest BCUT2D eigenvalue weighted by molar-refractivity contribution is 7.80. The molecule has 0 radical (unpaired) electrons. The highest BCUT2D eigenvalue weighted by Crippen LogP contribution is 2.39. The van der Waals surface area contributed by atoms with Crippen LogP contribution in [0.1, 0.15) is 40.6 Å². The average molecular weight is 421 g/mol. The van der Waals surface area contributed by atoms with Crippen molar-refractivity contribution in [3.63, 3.8) is 0 Å². The Morgan fingerprint density at radius 3 is 2.61 bits per heavy atom. The fraction of sp³-hybridized carbons (Fsp3) is 0.400. The molecule has 1 aliphatic rings. The second-order valence-electron chi connectivity index (χ2n) is 6.28. The van der Waals surface area contributed by atoms with Crippen LogP contribution in [-0.2, 0) is 17.6 Å². The first-order chi connectivity index (χ1) is 13.6. The number of nitrogens with one attached hydrogen (secondary N) is 2. The smallest absolute Gasteiger partial charge is 0.341 e. The normalized spacial score (nSPS) is 12.7. The molecule has 1 aliphatic carbocycles. The molecule has 28 heavy (non-hydrogen) atoms. The van der Waals surface area contributed by atoms with E-state index in [0.717, 1.165) is 41.9 Å². The number of aryl methyl sites for hydroxylation is 1. The molecule has 2 aromatic rings. The van der Waals surface area contributed by atoms with Gasteiger partial charge in [0.15, 0.2) is 16.6 Å². The third-order valence-electron chi connectivity index (χ3n) is 4.52. The number of thiophene rings is 1. The molecule has 0 saturated carbocycles. The molecule has 1 aromatic heterocycles. The fourth-order valence-corrected chi connectivity index (χ4v) is 4.82. The monoisotopic (exact) mass is 420 g/mol. The van der Waals surface area contributed by atoms with Gasteiger partial charge in [0.25, 0.3) is 0 Å². The van der Waals surface area contributed by atoms with Crippen molar-refractivity contribution in [1.29, 1.82) is 0 Å². The Kier molecular flexibility index (Phi) is 6.74. The van der Waals surface area contributed by atoms with Gasteiger partial charge < -0.3 is 24.8 Å². The van der Waals surface area contributed by atoms with Gasteiger partial charge in [-0.25, -0.2) is 4.79 Å². The van der Waals surface area contributed by atoms with Crippen LogP contribution in [0.2, 0.25) is 0 Å². The second kappa shape index (κ2) is 9.25. The minimum absolute atomic E-state index is 0.293. The quantitative estimate of drug-likeness (QED) is 0.522. The molecular weight excluding hydrogens is 396 g/mol. The van der Waals surface area contributed by atoms with Crippen LogP contribution in [-0.4, -0.2) is 31.9 Å². The summed E-state index contributed by atoms with van der Waals surface area (Å²) in [5.41, 5.74) is 2.48. The van der Waals surface area contributed by atoms with E-state index in [4.69, 9.17) is 26.4 Å². The average Bonchev–Trinajstić information content (AvgIpc) is 3.05. The number of rotatable bonds is 6. The molecule has 1 aromatic carbocycles. The molecular formula is C20H24N2O4S2. The van der Waals surface area contributed by atoms with Crippen LogP contribution in [0.25, 0.3) is 0 Å². The summed E-state index contributed by atoms with van der Waals surface area (Å²) in [4.78, 5) is 13.8. The lowest BCUT2D eigenvalue weighted by Crippen LogP contribution is -2.20. The van der Waals surface area contributed by atoms with Crippen LogP contribution in [0, 0.1) is 0 Å². The van der Waals surface area contributed by atoms with Crippen LogP contribution < -0.4 is 20.1 Å². The summed E-state index contributed by atoms with van der Waals surface area (Å²) in [6.07, 6.45) is 4.12. The number of hydrogen-bond acceptors (Lipinski definition) is 6. The third kappa shape index (κ3) is 4.39. The predicted octanol–water partition coefficient (Wildman–Crippen LogP) is 4.63. The summed E-state index contributed by atoms with van der Waals surface area (Å²) in [6.45, 7) is 2.16. The van der Waals surface area contributed by atoms with Crippen LogP contribution in [0.15, 0.2) is 18.2 Å². The number of methoxy groups -OCH3 is 2. The summed E-state index contributed by atoms with van der Waals surface area (Å²) in [7, 11) is 3.17. The van der Waals surface area contributed by atoms with Crippen molar-refractivity contribution in [2.24, 2.45) is 0 Å². The zero-order chi connectivity index (χ0) is 20.1. The van der Waals surface area contributed by atoms with Gasteiger partial charge >= 0.3 is 5.97 Å². The molecule has 0 fully saturated rings. The number of ether oxygens (including phenoxy) is 3. The summed E-state index contributed by atoms with van der Waals surface area (Å²) >= 11 is 7.06. The lowest BCUT2D eigenvalue weighted by atomic mass is 9.95. The maximum absolute atomic E-state index is 12.5. The van der Waals surface area contributed by atoms with Gasteiger partial charge in [0.1, 0.15) is 5.00 Å². The van der Waals surface area contributed by atoms with E-state index in [0.29, 0.717) is 28.8 Å². The summed E-state index contributed by atoms with van der Waals surface area (Å²) in [5, 5.41) is 7.46. The largest absolute Gasteiger partial charge is 0.493 e. The number of thiocarbonyl (C=S) groups is 1. The standard InChI is InChI=1S/C20H24N2O4S2/c1-4-26-19(23)17-13-7-5-6-8-16(13)28-18(17)22-20(27)21-12-9-10-14(24-2)15(11-12)25-3/h9-11H,4-8H2,1-3H3,(H2,21,22,27). The van der Waals surface area contributed by atoms with Crippen LogP contribution >= 0.6 is 23.6 Å². The summed E-state index contributed by atoms with van der Waals surface area (Å²) < 4.78 is 15.9. The predicted molar refractivity (Wildman–Crippen MR) is 116 cm³/mol. The van der Waals surface area contributed by atoms with E-state index in [2.05, 4.69) is 10.6 Å². The molecule has 0 bridgehead atoms. The first-order valence-electron chi connectivity index (χ1n) is 9.19. The molecule has 150 valence electrons. The van der Waals surface area contributed by atoms with Gasteiger partial charge in [-0.05, 0) is 62.5 Å². The number of carbonyl (C=O) groups excluding carboxylic acids is 1. The van der Waals surface area contributed by atoms with E-state index in [-0.39, 0.29) is 5.97 Å². The zero-order valence-electron chi connectivity index (χ0n) is 16.2. The molecule has 0 spiro atoms.